The quantitative estimate of drug-likeness (QED) is 0.640. The first kappa shape index (κ1) is 15.4. The van der Waals surface area contributed by atoms with E-state index in [0.717, 1.165) is 6.07 Å². The molecule has 0 amide bonds. The van der Waals surface area contributed by atoms with Crippen LogP contribution in [0.1, 0.15) is 10.5 Å². The highest BCUT2D eigenvalue weighted by Crippen LogP contribution is 2.36. The van der Waals surface area contributed by atoms with Crippen molar-refractivity contribution >= 4 is 40.1 Å². The number of hydrogen-bond donors (Lipinski definition) is 3. The maximum absolute atomic E-state index is 11.0. The Kier molecular flexibility index (Phi) is 3.75. The maximum atomic E-state index is 11.0. The van der Waals surface area contributed by atoms with Crippen LogP contribution in [0.3, 0.4) is 0 Å². The van der Waals surface area contributed by atoms with Gasteiger partial charge in [-0.1, -0.05) is 23.2 Å². The molecule has 0 saturated carbocycles. The predicted molar refractivity (Wildman–Crippen MR) is 87.5 cm³/mol. The van der Waals surface area contributed by atoms with Gasteiger partial charge < -0.3 is 15.3 Å². The number of halogens is 2. The average molecular weight is 350 g/mol. The molecule has 3 N–H and O–H groups in total. The molecule has 0 bridgehead atoms. The summed E-state index contributed by atoms with van der Waals surface area (Å²) in [5.41, 5.74) is 0.837. The number of aromatic hydroxyl groups is 2. The number of carbonyl (C=O) groups is 1. The molecule has 0 atom stereocenters. The van der Waals surface area contributed by atoms with Crippen molar-refractivity contribution in [3.63, 3.8) is 0 Å². The Labute approximate surface area is 140 Å². The first-order valence-electron chi connectivity index (χ1n) is 6.41. The van der Waals surface area contributed by atoms with Crippen LogP contribution in [0.2, 0.25) is 10.0 Å². The van der Waals surface area contributed by atoms with E-state index in [4.69, 9.17) is 28.3 Å². The summed E-state index contributed by atoms with van der Waals surface area (Å²) in [6, 6.07) is 8.90. The first-order valence-corrected chi connectivity index (χ1v) is 7.17. The third-order valence-corrected chi connectivity index (χ3v) is 3.72. The molecular formula is C16H9Cl2NO4. The van der Waals surface area contributed by atoms with E-state index >= 15 is 0 Å². The molecule has 0 unspecified atom stereocenters. The van der Waals surface area contributed by atoms with Gasteiger partial charge in [-0.3, -0.25) is 0 Å². The molecule has 1 aromatic heterocycles. The van der Waals surface area contributed by atoms with Crippen molar-refractivity contribution in [2.75, 3.05) is 0 Å². The van der Waals surface area contributed by atoms with Crippen LogP contribution in [0.25, 0.3) is 22.0 Å². The standard InChI is InChI=1S/C16H9Cl2NO4/c17-9-1-7(2-10(18)5-9)8-3-11-13(20)6-12(16(22)23)19-15(11)14(21)4-8/h1-6,21H,(H,19,20)(H,22,23). The number of hydrogen-bond acceptors (Lipinski definition) is 4. The SMILES string of the molecule is O=C(O)c1cc(O)c2cc(-c3cc(Cl)cc(Cl)c3)cc(O)c2n1. The molecule has 116 valence electrons. The Bertz CT molecular complexity index is 936. The lowest BCUT2D eigenvalue weighted by molar-refractivity contribution is 0.0690. The Hall–Kier alpha value is -2.50. The van der Waals surface area contributed by atoms with Crippen molar-refractivity contribution in [2.24, 2.45) is 0 Å². The van der Waals surface area contributed by atoms with E-state index in [1.807, 2.05) is 0 Å². The van der Waals surface area contributed by atoms with Crippen molar-refractivity contribution < 1.29 is 20.1 Å². The molecule has 0 aliphatic carbocycles. The van der Waals surface area contributed by atoms with Crippen molar-refractivity contribution in [1.82, 2.24) is 4.98 Å². The summed E-state index contributed by atoms with van der Waals surface area (Å²) in [6.07, 6.45) is 0. The van der Waals surface area contributed by atoms with E-state index in [-0.39, 0.29) is 28.1 Å². The molecule has 0 fully saturated rings. The normalized spacial score (nSPS) is 10.9. The highest BCUT2D eigenvalue weighted by atomic mass is 35.5. The number of fused-ring (bicyclic) bond motifs is 1. The minimum absolute atomic E-state index is 0.000671. The molecule has 23 heavy (non-hydrogen) atoms. The lowest BCUT2D eigenvalue weighted by atomic mass is 10.0. The summed E-state index contributed by atoms with van der Waals surface area (Å²) in [7, 11) is 0. The molecule has 1 heterocycles. The highest BCUT2D eigenvalue weighted by molar-refractivity contribution is 6.35. The Morgan fingerprint density at radius 1 is 0.870 bits per heavy atom. The fourth-order valence-electron chi connectivity index (χ4n) is 2.29. The van der Waals surface area contributed by atoms with Crippen LogP contribution in [0.15, 0.2) is 36.4 Å². The summed E-state index contributed by atoms with van der Waals surface area (Å²) in [4.78, 5) is 14.8. The van der Waals surface area contributed by atoms with E-state index in [2.05, 4.69) is 4.98 Å². The van der Waals surface area contributed by atoms with Gasteiger partial charge in [0.2, 0.25) is 0 Å². The van der Waals surface area contributed by atoms with Gasteiger partial charge in [0, 0.05) is 21.5 Å². The minimum atomic E-state index is -1.30. The lowest BCUT2D eigenvalue weighted by Gasteiger charge is -2.09. The molecule has 0 saturated heterocycles. The summed E-state index contributed by atoms with van der Waals surface area (Å²) < 4.78 is 0. The van der Waals surface area contributed by atoms with Gasteiger partial charge in [-0.15, -0.1) is 0 Å². The Morgan fingerprint density at radius 3 is 2.09 bits per heavy atom. The average Bonchev–Trinajstić information content (AvgIpc) is 2.46. The summed E-state index contributed by atoms with van der Waals surface area (Å²) in [6.45, 7) is 0. The zero-order chi connectivity index (χ0) is 16.7. The van der Waals surface area contributed by atoms with Crippen molar-refractivity contribution in [1.29, 1.82) is 0 Å². The summed E-state index contributed by atoms with van der Waals surface area (Å²) >= 11 is 11.9. The molecule has 3 aromatic rings. The molecule has 7 heteroatoms. The number of nitrogens with zero attached hydrogens (tertiary/aromatic N) is 1. The number of phenolic OH excluding ortho intramolecular Hbond substituents is 1. The third kappa shape index (κ3) is 2.88. The fourth-order valence-corrected chi connectivity index (χ4v) is 2.81. The maximum Gasteiger partial charge on any atom is 0.354 e. The Morgan fingerprint density at radius 2 is 1.48 bits per heavy atom. The monoisotopic (exact) mass is 349 g/mol. The van der Waals surface area contributed by atoms with E-state index in [1.54, 1.807) is 24.3 Å². The molecule has 2 aromatic carbocycles. The number of rotatable bonds is 2. The van der Waals surface area contributed by atoms with Crippen LogP contribution in [0.4, 0.5) is 0 Å². The second-order valence-corrected chi connectivity index (χ2v) is 5.75. The number of carboxylic acid groups (broad SMARTS) is 1. The van der Waals surface area contributed by atoms with Crippen LogP contribution in [0.5, 0.6) is 11.5 Å². The van der Waals surface area contributed by atoms with Crippen molar-refractivity contribution in [3.8, 4) is 22.6 Å². The predicted octanol–water partition coefficient (Wildman–Crippen LogP) is 4.32. The van der Waals surface area contributed by atoms with Crippen LogP contribution in [0, 0.1) is 0 Å². The minimum Gasteiger partial charge on any atom is -0.507 e. The van der Waals surface area contributed by atoms with Gasteiger partial charge in [-0.2, -0.15) is 0 Å². The molecule has 0 spiro atoms. The zero-order valence-corrected chi connectivity index (χ0v) is 12.9. The molecule has 0 radical (unpaired) electrons. The molecule has 5 nitrogen and oxygen atoms in total. The van der Waals surface area contributed by atoms with E-state index < -0.39 is 5.97 Å². The van der Waals surface area contributed by atoms with Crippen LogP contribution in [-0.4, -0.2) is 26.3 Å². The third-order valence-electron chi connectivity index (χ3n) is 3.29. The lowest BCUT2D eigenvalue weighted by Crippen LogP contribution is -2.00. The molecular weight excluding hydrogens is 341 g/mol. The van der Waals surface area contributed by atoms with Gasteiger partial charge in [0.15, 0.2) is 5.69 Å². The van der Waals surface area contributed by atoms with Crippen LogP contribution >= 0.6 is 23.2 Å². The molecule has 0 aliphatic rings. The summed E-state index contributed by atoms with van der Waals surface area (Å²) in [5, 5.41) is 30.2. The summed E-state index contributed by atoms with van der Waals surface area (Å²) in [5.74, 6) is -1.85. The van der Waals surface area contributed by atoms with Crippen molar-refractivity contribution in [2.45, 2.75) is 0 Å². The first-order chi connectivity index (χ1) is 10.8. The topological polar surface area (TPSA) is 90.7 Å². The molecule has 3 rings (SSSR count). The molecule has 0 aliphatic heterocycles. The van der Waals surface area contributed by atoms with Gasteiger partial charge in [0.1, 0.15) is 17.0 Å². The second kappa shape index (κ2) is 5.61. The number of aromatic nitrogens is 1. The van der Waals surface area contributed by atoms with Gasteiger partial charge in [0.25, 0.3) is 0 Å². The smallest absolute Gasteiger partial charge is 0.354 e. The van der Waals surface area contributed by atoms with E-state index in [9.17, 15) is 15.0 Å². The zero-order valence-electron chi connectivity index (χ0n) is 11.4. The number of phenols is 1. The number of pyridine rings is 1. The number of benzene rings is 2. The van der Waals surface area contributed by atoms with Crippen LogP contribution < -0.4 is 0 Å². The van der Waals surface area contributed by atoms with E-state index in [0.29, 0.717) is 21.2 Å². The van der Waals surface area contributed by atoms with Crippen molar-refractivity contribution in [3.05, 3.63) is 52.1 Å². The fraction of sp³-hybridized carbons (Fsp3) is 0. The highest BCUT2D eigenvalue weighted by Gasteiger charge is 2.15. The van der Waals surface area contributed by atoms with Gasteiger partial charge in [-0.05, 0) is 41.5 Å². The number of carboxylic acids is 1. The van der Waals surface area contributed by atoms with Gasteiger partial charge in [-0.25, -0.2) is 9.78 Å². The van der Waals surface area contributed by atoms with Gasteiger partial charge in [0.05, 0.1) is 0 Å². The van der Waals surface area contributed by atoms with E-state index in [1.165, 1.54) is 6.07 Å². The second-order valence-electron chi connectivity index (χ2n) is 4.88. The number of aromatic carboxylic acids is 1. The van der Waals surface area contributed by atoms with Gasteiger partial charge >= 0.3 is 5.97 Å². The van der Waals surface area contributed by atoms with Crippen LogP contribution in [-0.2, 0) is 0 Å². The largest absolute Gasteiger partial charge is 0.507 e. The Balaban J connectivity index is 2.27.